The summed E-state index contributed by atoms with van der Waals surface area (Å²) in [7, 11) is 1.63. The van der Waals surface area contributed by atoms with Crippen LogP contribution in [-0.4, -0.2) is 38.5 Å². The van der Waals surface area contributed by atoms with Crippen molar-refractivity contribution in [3.05, 3.63) is 22.7 Å². The molecular weight excluding hydrogens is 264 g/mol. The highest BCUT2D eigenvalue weighted by Gasteiger charge is 2.07. The van der Waals surface area contributed by atoms with E-state index in [0.29, 0.717) is 49.0 Å². The second-order valence-electron chi connectivity index (χ2n) is 4.21. The van der Waals surface area contributed by atoms with Crippen LogP contribution in [0.15, 0.2) is 21.3 Å². The van der Waals surface area contributed by atoms with Crippen LogP contribution in [0, 0.1) is 0 Å². The third-order valence-electron chi connectivity index (χ3n) is 2.67. The first-order chi connectivity index (χ1) is 9.70. The zero-order valence-corrected chi connectivity index (χ0v) is 11.3. The van der Waals surface area contributed by atoms with Crippen LogP contribution >= 0.6 is 0 Å². The summed E-state index contributed by atoms with van der Waals surface area (Å²) in [5, 5.41) is 0. The standard InChI is InChI=1S/C13H18N2O5/c1-17-5-6-18-3-2-4-19-11-8-10-12(7-9(11)14)20-13(16)15-10/h7-8H,2-6,14H2,1H3,(H,15,16). The largest absolute Gasteiger partial charge is 0.491 e. The highest BCUT2D eigenvalue weighted by Crippen LogP contribution is 2.26. The minimum Gasteiger partial charge on any atom is -0.491 e. The maximum Gasteiger partial charge on any atom is 0.417 e. The number of methoxy groups -OCH3 is 1. The fourth-order valence-corrected chi connectivity index (χ4v) is 1.71. The Labute approximate surface area is 115 Å². The number of rotatable bonds is 8. The summed E-state index contributed by atoms with van der Waals surface area (Å²) < 4.78 is 20.6. The molecule has 1 aromatic heterocycles. The number of nitrogens with one attached hydrogen (secondary N) is 1. The lowest BCUT2D eigenvalue weighted by molar-refractivity contribution is 0.0645. The van der Waals surface area contributed by atoms with Crippen molar-refractivity contribution in [1.82, 2.24) is 4.98 Å². The van der Waals surface area contributed by atoms with Gasteiger partial charge in [-0.05, 0) is 0 Å². The van der Waals surface area contributed by atoms with Crippen LogP contribution in [0.3, 0.4) is 0 Å². The maximum atomic E-state index is 11.1. The molecule has 0 fully saturated rings. The fraction of sp³-hybridized carbons (Fsp3) is 0.462. The first kappa shape index (κ1) is 14.4. The molecular formula is C13H18N2O5. The van der Waals surface area contributed by atoms with Crippen LogP contribution in [0.25, 0.3) is 11.1 Å². The molecule has 2 aromatic rings. The minimum absolute atomic E-state index is 0.419. The van der Waals surface area contributed by atoms with Crippen molar-refractivity contribution >= 4 is 16.8 Å². The van der Waals surface area contributed by atoms with E-state index in [0.717, 1.165) is 6.42 Å². The molecule has 0 spiro atoms. The lowest BCUT2D eigenvalue weighted by atomic mass is 10.2. The van der Waals surface area contributed by atoms with E-state index in [1.165, 1.54) is 0 Å². The molecule has 1 aromatic carbocycles. The monoisotopic (exact) mass is 282 g/mol. The average Bonchev–Trinajstić information content (AvgIpc) is 2.77. The first-order valence-corrected chi connectivity index (χ1v) is 6.32. The Balaban J connectivity index is 1.83. The van der Waals surface area contributed by atoms with E-state index in [1.54, 1.807) is 19.2 Å². The summed E-state index contributed by atoms with van der Waals surface area (Å²) in [5.74, 6) is 0.00883. The van der Waals surface area contributed by atoms with Crippen LogP contribution in [0.1, 0.15) is 6.42 Å². The number of nitrogen functional groups attached to an aromatic ring is 1. The maximum absolute atomic E-state index is 11.1. The van der Waals surface area contributed by atoms with Gasteiger partial charge in [0.15, 0.2) is 5.58 Å². The van der Waals surface area contributed by atoms with Crippen molar-refractivity contribution in [3.8, 4) is 5.75 Å². The molecule has 0 aliphatic rings. The van der Waals surface area contributed by atoms with Crippen molar-refractivity contribution in [3.63, 3.8) is 0 Å². The molecule has 0 atom stereocenters. The molecule has 0 aliphatic carbocycles. The Hall–Kier alpha value is -1.99. The summed E-state index contributed by atoms with van der Waals surface area (Å²) in [5.41, 5.74) is 7.24. The van der Waals surface area contributed by atoms with Gasteiger partial charge in [-0.1, -0.05) is 0 Å². The minimum atomic E-state index is -0.511. The normalized spacial score (nSPS) is 11.1. The van der Waals surface area contributed by atoms with Gasteiger partial charge in [0, 0.05) is 32.3 Å². The fourth-order valence-electron chi connectivity index (χ4n) is 1.71. The van der Waals surface area contributed by atoms with Crippen LogP contribution in [0.2, 0.25) is 0 Å². The lowest BCUT2D eigenvalue weighted by Crippen LogP contribution is -2.07. The van der Waals surface area contributed by atoms with Crippen molar-refractivity contribution in [2.24, 2.45) is 0 Å². The molecule has 0 aliphatic heterocycles. The zero-order chi connectivity index (χ0) is 14.4. The number of fused-ring (bicyclic) bond motifs is 1. The molecule has 20 heavy (non-hydrogen) atoms. The van der Waals surface area contributed by atoms with Crippen molar-refractivity contribution in [2.75, 3.05) is 39.3 Å². The molecule has 1 heterocycles. The van der Waals surface area contributed by atoms with E-state index in [9.17, 15) is 4.79 Å². The molecule has 0 unspecified atom stereocenters. The van der Waals surface area contributed by atoms with Gasteiger partial charge >= 0.3 is 5.76 Å². The molecule has 2 rings (SSSR count). The molecule has 0 radical (unpaired) electrons. The number of ether oxygens (including phenoxy) is 3. The van der Waals surface area contributed by atoms with Crippen LogP contribution in [0.4, 0.5) is 5.69 Å². The summed E-state index contributed by atoms with van der Waals surface area (Å²) in [6.45, 7) is 2.22. The molecule has 0 saturated heterocycles. The van der Waals surface area contributed by atoms with E-state index in [-0.39, 0.29) is 0 Å². The number of nitrogens with two attached hydrogens (primary N) is 1. The second-order valence-corrected chi connectivity index (χ2v) is 4.21. The number of aromatic nitrogens is 1. The van der Waals surface area contributed by atoms with Gasteiger partial charge in [-0.15, -0.1) is 0 Å². The average molecular weight is 282 g/mol. The molecule has 0 saturated carbocycles. The predicted octanol–water partition coefficient (Wildman–Crippen LogP) is 1.14. The highest BCUT2D eigenvalue weighted by atomic mass is 16.5. The van der Waals surface area contributed by atoms with E-state index in [4.69, 9.17) is 24.4 Å². The van der Waals surface area contributed by atoms with Crippen molar-refractivity contribution < 1.29 is 18.6 Å². The van der Waals surface area contributed by atoms with Crippen LogP contribution in [0.5, 0.6) is 5.75 Å². The number of anilines is 1. The highest BCUT2D eigenvalue weighted by molar-refractivity contribution is 5.80. The Bertz CT molecular complexity index is 604. The van der Waals surface area contributed by atoms with Gasteiger partial charge in [0.1, 0.15) is 5.75 Å². The van der Waals surface area contributed by atoms with Crippen molar-refractivity contribution in [1.29, 1.82) is 0 Å². The van der Waals surface area contributed by atoms with Gasteiger partial charge < -0.3 is 24.4 Å². The van der Waals surface area contributed by atoms with Gasteiger partial charge in [0.05, 0.1) is 31.0 Å². The molecule has 7 heteroatoms. The van der Waals surface area contributed by atoms with E-state index >= 15 is 0 Å². The molecule has 110 valence electrons. The Morgan fingerprint density at radius 1 is 1.25 bits per heavy atom. The Morgan fingerprint density at radius 3 is 2.90 bits per heavy atom. The zero-order valence-electron chi connectivity index (χ0n) is 11.3. The molecule has 0 amide bonds. The topological polar surface area (TPSA) is 99.7 Å². The van der Waals surface area contributed by atoms with Gasteiger partial charge in [0.2, 0.25) is 0 Å². The second kappa shape index (κ2) is 6.97. The Morgan fingerprint density at radius 2 is 2.10 bits per heavy atom. The van der Waals surface area contributed by atoms with Gasteiger partial charge in [-0.2, -0.15) is 0 Å². The van der Waals surface area contributed by atoms with E-state index in [2.05, 4.69) is 4.98 Å². The molecule has 7 nitrogen and oxygen atoms in total. The number of hydrogen-bond acceptors (Lipinski definition) is 6. The smallest absolute Gasteiger partial charge is 0.417 e. The lowest BCUT2D eigenvalue weighted by Gasteiger charge is -2.09. The SMILES string of the molecule is COCCOCCCOc1cc2[nH]c(=O)oc2cc1N. The summed E-state index contributed by atoms with van der Waals surface area (Å²) >= 11 is 0. The number of benzene rings is 1. The first-order valence-electron chi connectivity index (χ1n) is 6.32. The predicted molar refractivity (Wildman–Crippen MR) is 74.1 cm³/mol. The van der Waals surface area contributed by atoms with E-state index < -0.39 is 5.76 Å². The molecule has 3 N–H and O–H groups in total. The van der Waals surface area contributed by atoms with Crippen LogP contribution in [-0.2, 0) is 9.47 Å². The third kappa shape index (κ3) is 3.75. The summed E-state index contributed by atoms with van der Waals surface area (Å²) in [4.78, 5) is 13.6. The van der Waals surface area contributed by atoms with Gasteiger partial charge in [-0.25, -0.2) is 4.79 Å². The number of hydrogen-bond donors (Lipinski definition) is 2. The number of aromatic amines is 1. The van der Waals surface area contributed by atoms with Gasteiger partial charge in [0.25, 0.3) is 0 Å². The summed E-state index contributed by atoms with van der Waals surface area (Å²) in [6.07, 6.45) is 0.739. The summed E-state index contributed by atoms with van der Waals surface area (Å²) in [6, 6.07) is 3.22. The van der Waals surface area contributed by atoms with Gasteiger partial charge in [-0.3, -0.25) is 4.98 Å². The molecule has 0 bridgehead atoms. The van der Waals surface area contributed by atoms with E-state index in [1.807, 2.05) is 0 Å². The quantitative estimate of drug-likeness (QED) is 0.556. The number of H-pyrrole nitrogens is 1. The number of oxazole rings is 1. The van der Waals surface area contributed by atoms with Crippen LogP contribution < -0.4 is 16.2 Å². The van der Waals surface area contributed by atoms with Crippen molar-refractivity contribution in [2.45, 2.75) is 6.42 Å². The Kier molecular flexibility index (Phi) is 5.03. The third-order valence-corrected chi connectivity index (χ3v) is 2.67.